The maximum Gasteiger partial charge on any atom is 0.122 e. The molecular weight excluding hydrogens is 146 g/mol. The van der Waals surface area contributed by atoms with Gasteiger partial charge in [0, 0.05) is 0 Å². The van der Waals surface area contributed by atoms with Crippen molar-refractivity contribution in [3.63, 3.8) is 0 Å². The molecule has 0 saturated heterocycles. The Labute approximate surface area is 66.1 Å². The molecule has 0 atom stereocenters. The fourth-order valence-electron chi connectivity index (χ4n) is 0.611. The molecule has 0 amide bonds. The lowest BCUT2D eigenvalue weighted by molar-refractivity contribution is 0.628. The highest BCUT2D eigenvalue weighted by Gasteiger charge is 1.91. The first-order valence-corrected chi connectivity index (χ1v) is 2.72. The van der Waals surface area contributed by atoms with E-state index in [9.17, 15) is 4.39 Å². The summed E-state index contributed by atoms with van der Waals surface area (Å²) in [6, 6.07) is 4.37. The van der Waals surface area contributed by atoms with Crippen molar-refractivity contribution < 1.29 is 15.3 Å². The molecule has 0 heterocycles. The van der Waals surface area contributed by atoms with Gasteiger partial charge >= 0.3 is 0 Å². The summed E-state index contributed by atoms with van der Waals surface area (Å²) >= 11 is 0. The lowest BCUT2D eigenvalue weighted by atomic mass is 9.91. The van der Waals surface area contributed by atoms with Crippen LogP contribution in [0.3, 0.4) is 0 Å². The van der Waals surface area contributed by atoms with Crippen molar-refractivity contribution in [1.29, 1.82) is 0 Å². The molecule has 4 N–H and O–H groups in total. The summed E-state index contributed by atoms with van der Waals surface area (Å²) in [6.45, 7) is 1.84. The molecule has 11 heavy (non-hydrogen) atoms. The van der Waals surface area contributed by atoms with Gasteiger partial charge in [-0.3, -0.25) is 0 Å². The van der Waals surface area contributed by atoms with Crippen molar-refractivity contribution in [2.45, 2.75) is 6.92 Å². The van der Waals surface area contributed by atoms with Gasteiger partial charge in [-0.1, -0.05) is 17.1 Å². The summed E-state index contributed by atoms with van der Waals surface area (Å²) in [4.78, 5) is 0. The van der Waals surface area contributed by atoms with Gasteiger partial charge in [-0.05, 0) is 19.1 Å². The lowest BCUT2D eigenvalue weighted by Crippen LogP contribution is -2.06. The molecule has 0 spiro atoms. The first-order valence-electron chi connectivity index (χ1n) is 2.72. The van der Waals surface area contributed by atoms with E-state index in [1.165, 1.54) is 12.1 Å². The van der Waals surface area contributed by atoms with Crippen LogP contribution in [0.5, 0.6) is 0 Å². The second-order valence-corrected chi connectivity index (χ2v) is 2.00. The fourth-order valence-corrected chi connectivity index (χ4v) is 0.611. The molecule has 0 fully saturated rings. The molecule has 0 aromatic heterocycles. The molecule has 2 nitrogen and oxygen atoms in total. The van der Waals surface area contributed by atoms with E-state index in [2.05, 4.69) is 0 Å². The first-order chi connectivity index (χ1) is 4.20. The van der Waals surface area contributed by atoms with Gasteiger partial charge in [0.1, 0.15) is 13.7 Å². The summed E-state index contributed by atoms with van der Waals surface area (Å²) in [5.41, 5.74) is 1.42. The van der Waals surface area contributed by atoms with Crippen LogP contribution in [0.25, 0.3) is 0 Å². The van der Waals surface area contributed by atoms with Gasteiger partial charge in [0.25, 0.3) is 0 Å². The highest BCUT2D eigenvalue weighted by molar-refractivity contribution is 6.33. The van der Waals surface area contributed by atoms with E-state index in [0.717, 1.165) is 5.56 Å². The van der Waals surface area contributed by atoms with Gasteiger partial charge in [-0.2, -0.15) is 0 Å². The van der Waals surface area contributed by atoms with Crippen LogP contribution in [0.4, 0.5) is 4.39 Å². The maximum atomic E-state index is 12.3. The predicted molar refractivity (Wildman–Crippen MR) is 43.8 cm³/mol. The zero-order valence-corrected chi connectivity index (χ0v) is 6.19. The van der Waals surface area contributed by atoms with E-state index < -0.39 is 0 Å². The van der Waals surface area contributed by atoms with Crippen LogP contribution in [0.15, 0.2) is 18.2 Å². The Morgan fingerprint density at radius 2 is 1.82 bits per heavy atom. The molecule has 2 radical (unpaired) electrons. The first kappa shape index (κ1) is 12.8. The summed E-state index contributed by atoms with van der Waals surface area (Å²) in [7, 11) is 5.38. The van der Waals surface area contributed by atoms with E-state index in [4.69, 9.17) is 7.85 Å². The standard InChI is InChI=1S/C7H6BF.2H2O/c1-5-2-3-6(9)4-7(5)8;;/h2-4H,1H3;2*1H2. The van der Waals surface area contributed by atoms with Gasteiger partial charge in [-0.25, -0.2) is 4.39 Å². The summed E-state index contributed by atoms with van der Waals surface area (Å²) in [5.74, 6) is -0.280. The van der Waals surface area contributed by atoms with E-state index >= 15 is 0 Å². The van der Waals surface area contributed by atoms with E-state index in [0.29, 0.717) is 5.46 Å². The van der Waals surface area contributed by atoms with E-state index in [1.807, 2.05) is 6.92 Å². The minimum absolute atomic E-state index is 0. The maximum absolute atomic E-state index is 12.3. The zero-order valence-electron chi connectivity index (χ0n) is 6.19. The zero-order chi connectivity index (χ0) is 6.85. The number of rotatable bonds is 0. The average molecular weight is 156 g/mol. The van der Waals surface area contributed by atoms with Crippen LogP contribution >= 0.6 is 0 Å². The van der Waals surface area contributed by atoms with Crippen molar-refractivity contribution in [3.8, 4) is 0 Å². The Bertz CT molecular complexity index is 228. The Hall–Kier alpha value is -0.865. The molecular formula is C7H10BFO2. The lowest BCUT2D eigenvalue weighted by Gasteiger charge is -1.96. The fraction of sp³-hybridized carbons (Fsp3) is 0.143. The SMILES string of the molecule is O.O.[B]c1cc(F)ccc1C. The van der Waals surface area contributed by atoms with Gasteiger partial charge in [0.05, 0.1) is 0 Å². The molecule has 0 aliphatic heterocycles. The molecule has 0 unspecified atom stereocenters. The van der Waals surface area contributed by atoms with Crippen LogP contribution in [0, 0.1) is 12.7 Å². The third kappa shape index (κ3) is 3.16. The third-order valence-corrected chi connectivity index (χ3v) is 1.24. The molecule has 1 aromatic carbocycles. The minimum Gasteiger partial charge on any atom is -0.412 e. The van der Waals surface area contributed by atoms with Gasteiger partial charge in [0.15, 0.2) is 0 Å². The van der Waals surface area contributed by atoms with Crippen molar-refractivity contribution in [3.05, 3.63) is 29.6 Å². The Morgan fingerprint density at radius 1 is 1.27 bits per heavy atom. The molecule has 60 valence electrons. The van der Waals surface area contributed by atoms with Crippen molar-refractivity contribution in [2.75, 3.05) is 0 Å². The van der Waals surface area contributed by atoms with Crippen LogP contribution in [0.2, 0.25) is 0 Å². The quantitative estimate of drug-likeness (QED) is 0.445. The second kappa shape index (κ2) is 4.88. The number of aryl methyl sites for hydroxylation is 1. The van der Waals surface area contributed by atoms with E-state index in [-0.39, 0.29) is 16.8 Å². The predicted octanol–water partition coefficient (Wildman–Crippen LogP) is -0.721. The summed E-state index contributed by atoms with van der Waals surface area (Å²) in [6.07, 6.45) is 0. The monoisotopic (exact) mass is 156 g/mol. The van der Waals surface area contributed by atoms with Gasteiger partial charge in [-0.15, -0.1) is 0 Å². The molecule has 1 aromatic rings. The number of hydrogen-bond acceptors (Lipinski definition) is 0. The molecule has 0 aliphatic carbocycles. The molecule has 4 heteroatoms. The van der Waals surface area contributed by atoms with Gasteiger partial charge < -0.3 is 11.0 Å². The Morgan fingerprint density at radius 3 is 2.18 bits per heavy atom. The van der Waals surface area contributed by atoms with Crippen molar-refractivity contribution >= 4 is 13.3 Å². The molecule has 1 rings (SSSR count). The van der Waals surface area contributed by atoms with E-state index in [1.54, 1.807) is 6.07 Å². The normalized spacial score (nSPS) is 7.82. The van der Waals surface area contributed by atoms with Crippen molar-refractivity contribution in [1.82, 2.24) is 0 Å². The van der Waals surface area contributed by atoms with Crippen LogP contribution in [-0.2, 0) is 0 Å². The van der Waals surface area contributed by atoms with Crippen molar-refractivity contribution in [2.24, 2.45) is 0 Å². The highest BCUT2D eigenvalue weighted by Crippen LogP contribution is 1.96. The van der Waals surface area contributed by atoms with Crippen LogP contribution in [0.1, 0.15) is 5.56 Å². The Balaban J connectivity index is 0. The van der Waals surface area contributed by atoms with Gasteiger partial charge in [0.2, 0.25) is 0 Å². The smallest absolute Gasteiger partial charge is 0.122 e. The largest absolute Gasteiger partial charge is 0.412 e. The molecule has 0 aliphatic rings. The topological polar surface area (TPSA) is 63.0 Å². The molecule has 0 bridgehead atoms. The average Bonchev–Trinajstić information content (AvgIpc) is 1.80. The minimum atomic E-state index is -0.280. The number of hydrogen-bond donors (Lipinski definition) is 0. The van der Waals surface area contributed by atoms with Crippen LogP contribution in [-0.4, -0.2) is 18.8 Å². The summed E-state index contributed by atoms with van der Waals surface area (Å²) < 4.78 is 12.3. The second-order valence-electron chi connectivity index (χ2n) is 2.00. The van der Waals surface area contributed by atoms with Crippen LogP contribution < -0.4 is 5.46 Å². The third-order valence-electron chi connectivity index (χ3n) is 1.24. The highest BCUT2D eigenvalue weighted by atomic mass is 19.1. The molecule has 0 saturated carbocycles. The number of benzene rings is 1. The number of halogens is 1. The summed E-state index contributed by atoms with van der Waals surface area (Å²) in [5, 5.41) is 0. The Kier molecular flexibility index (Phi) is 5.66.